The fourth-order valence-electron chi connectivity index (χ4n) is 3.26. The van der Waals surface area contributed by atoms with Crippen molar-refractivity contribution in [2.24, 2.45) is 10.7 Å². The molecule has 7 heteroatoms. The van der Waals surface area contributed by atoms with Crippen LogP contribution >= 0.6 is 11.3 Å². The quantitative estimate of drug-likeness (QED) is 0.835. The van der Waals surface area contributed by atoms with Crippen LogP contribution in [-0.2, 0) is 0 Å². The van der Waals surface area contributed by atoms with Gasteiger partial charge in [0.1, 0.15) is 5.84 Å². The predicted molar refractivity (Wildman–Crippen MR) is 93.3 cm³/mol. The van der Waals surface area contributed by atoms with Crippen LogP contribution < -0.4 is 11.1 Å². The SMILES string of the molecule is NC1=N[C@@]2(CCN(C(=O)c3cccs3)C[C@@H]2F)Nc2ccccc21. The summed E-state index contributed by atoms with van der Waals surface area (Å²) in [6.07, 6.45) is -0.956. The number of carbonyl (C=O) groups excluding carboxylic acids is 1. The van der Waals surface area contributed by atoms with Gasteiger partial charge in [0, 0.05) is 24.2 Å². The van der Waals surface area contributed by atoms with E-state index in [1.165, 1.54) is 11.3 Å². The molecule has 2 atom stereocenters. The lowest BCUT2D eigenvalue weighted by Gasteiger charge is -2.44. The zero-order valence-electron chi connectivity index (χ0n) is 12.9. The molecule has 1 fully saturated rings. The first-order valence-corrected chi connectivity index (χ1v) is 8.67. The lowest BCUT2D eigenvalue weighted by Crippen LogP contribution is -2.59. The Morgan fingerprint density at radius 1 is 1.38 bits per heavy atom. The van der Waals surface area contributed by atoms with Gasteiger partial charge in [0.2, 0.25) is 0 Å². The summed E-state index contributed by atoms with van der Waals surface area (Å²) < 4.78 is 15.0. The smallest absolute Gasteiger partial charge is 0.264 e. The first kappa shape index (κ1) is 15.1. The largest absolute Gasteiger partial charge is 0.383 e. The number of amides is 1. The Hall–Kier alpha value is -2.41. The number of thiophene rings is 1. The van der Waals surface area contributed by atoms with E-state index in [0.29, 0.717) is 23.7 Å². The predicted octanol–water partition coefficient (Wildman–Crippen LogP) is 2.46. The van der Waals surface area contributed by atoms with Crippen LogP contribution in [-0.4, -0.2) is 41.6 Å². The molecule has 1 aromatic carbocycles. The molecule has 1 amide bonds. The van der Waals surface area contributed by atoms with Gasteiger partial charge in [-0.25, -0.2) is 9.38 Å². The number of amidine groups is 1. The van der Waals surface area contributed by atoms with Crippen molar-refractivity contribution in [1.82, 2.24) is 4.90 Å². The van der Waals surface area contributed by atoms with Crippen molar-refractivity contribution in [1.29, 1.82) is 0 Å². The van der Waals surface area contributed by atoms with Crippen LogP contribution in [0.2, 0.25) is 0 Å². The molecule has 24 heavy (non-hydrogen) atoms. The molecule has 5 nitrogen and oxygen atoms in total. The topological polar surface area (TPSA) is 70.7 Å². The molecule has 3 N–H and O–H groups in total. The second-order valence-electron chi connectivity index (χ2n) is 6.04. The van der Waals surface area contributed by atoms with Crippen molar-refractivity contribution in [2.75, 3.05) is 18.4 Å². The van der Waals surface area contributed by atoms with Gasteiger partial charge >= 0.3 is 0 Å². The zero-order chi connectivity index (χ0) is 16.7. The zero-order valence-corrected chi connectivity index (χ0v) is 13.7. The molecule has 3 heterocycles. The van der Waals surface area contributed by atoms with E-state index in [4.69, 9.17) is 5.73 Å². The standard InChI is InChI=1S/C17H17FN4OS/c18-14-10-22(16(23)13-6-3-9-24-13)8-7-17(14)20-12-5-2-1-4-11(12)15(19)21-17/h1-6,9,14,20H,7-8,10H2,(H2,19,21)/t14-,17+/m0/s1. The van der Waals surface area contributed by atoms with Gasteiger partial charge in [-0.1, -0.05) is 18.2 Å². The average molecular weight is 344 g/mol. The Morgan fingerprint density at radius 3 is 2.96 bits per heavy atom. The molecule has 0 saturated carbocycles. The van der Waals surface area contributed by atoms with Gasteiger partial charge in [0.05, 0.1) is 11.4 Å². The van der Waals surface area contributed by atoms with Crippen molar-refractivity contribution >= 4 is 28.8 Å². The number of hydrogen-bond donors (Lipinski definition) is 2. The van der Waals surface area contributed by atoms with Gasteiger partial charge in [-0.2, -0.15) is 0 Å². The van der Waals surface area contributed by atoms with E-state index in [-0.39, 0.29) is 12.5 Å². The molecule has 0 radical (unpaired) electrons. The van der Waals surface area contributed by atoms with Crippen LogP contribution in [0.1, 0.15) is 21.7 Å². The number of alkyl halides is 1. The number of piperidine rings is 1. The first-order valence-electron chi connectivity index (χ1n) is 7.79. The molecular weight excluding hydrogens is 327 g/mol. The third-order valence-electron chi connectivity index (χ3n) is 4.56. The summed E-state index contributed by atoms with van der Waals surface area (Å²) in [6.45, 7) is 0.436. The molecule has 124 valence electrons. The van der Waals surface area contributed by atoms with Crippen molar-refractivity contribution in [2.45, 2.75) is 18.3 Å². The molecule has 1 spiro atoms. The lowest BCUT2D eigenvalue weighted by molar-refractivity contribution is 0.0499. The van der Waals surface area contributed by atoms with E-state index in [2.05, 4.69) is 10.3 Å². The average Bonchev–Trinajstić information content (AvgIpc) is 3.11. The minimum atomic E-state index is -1.33. The summed E-state index contributed by atoms with van der Waals surface area (Å²) >= 11 is 1.37. The van der Waals surface area contributed by atoms with E-state index in [0.717, 1.165) is 11.3 Å². The highest BCUT2D eigenvalue weighted by Crippen LogP contribution is 2.36. The van der Waals surface area contributed by atoms with Crippen LogP contribution in [0, 0.1) is 0 Å². The van der Waals surface area contributed by atoms with Gasteiger partial charge in [-0.3, -0.25) is 4.79 Å². The highest BCUT2D eigenvalue weighted by Gasteiger charge is 2.47. The van der Waals surface area contributed by atoms with Crippen LogP contribution in [0.3, 0.4) is 0 Å². The van der Waals surface area contributed by atoms with Gasteiger partial charge in [-0.05, 0) is 23.6 Å². The Labute approximate surface area is 143 Å². The summed E-state index contributed by atoms with van der Waals surface area (Å²) in [7, 11) is 0. The molecule has 4 rings (SSSR count). The molecule has 2 aliphatic heterocycles. The van der Waals surface area contributed by atoms with Crippen molar-refractivity contribution < 1.29 is 9.18 Å². The van der Waals surface area contributed by atoms with Crippen molar-refractivity contribution in [3.63, 3.8) is 0 Å². The third kappa shape index (κ3) is 2.36. The van der Waals surface area contributed by atoms with Gasteiger partial charge in [0.15, 0.2) is 11.8 Å². The molecule has 1 aromatic heterocycles. The van der Waals surface area contributed by atoms with Crippen molar-refractivity contribution in [3.8, 4) is 0 Å². The number of para-hydroxylation sites is 1. The maximum absolute atomic E-state index is 15.0. The summed E-state index contributed by atoms with van der Waals surface area (Å²) in [5, 5.41) is 5.05. The number of aliphatic imine (C=N–C) groups is 1. The number of halogens is 1. The number of nitrogens with zero attached hydrogens (tertiary/aromatic N) is 2. The first-order chi connectivity index (χ1) is 11.6. The lowest BCUT2D eigenvalue weighted by atomic mass is 9.92. The summed E-state index contributed by atoms with van der Waals surface area (Å²) in [5.41, 5.74) is 6.53. The molecule has 2 aromatic rings. The number of rotatable bonds is 1. The van der Waals surface area contributed by atoms with Gasteiger partial charge in [-0.15, -0.1) is 11.3 Å². The molecule has 0 aliphatic carbocycles. The Morgan fingerprint density at radius 2 is 2.21 bits per heavy atom. The molecular formula is C17H17FN4OS. The normalized spacial score (nSPS) is 25.8. The number of fused-ring (bicyclic) bond motifs is 1. The van der Waals surface area contributed by atoms with Crippen LogP contribution in [0.15, 0.2) is 46.8 Å². The summed E-state index contributed by atoms with van der Waals surface area (Å²) in [4.78, 5) is 19.0. The van der Waals surface area contributed by atoms with E-state index < -0.39 is 11.8 Å². The third-order valence-corrected chi connectivity index (χ3v) is 5.41. The second kappa shape index (κ2) is 5.59. The molecule has 2 aliphatic rings. The fraction of sp³-hybridized carbons (Fsp3) is 0.294. The van der Waals surface area contributed by atoms with E-state index in [1.807, 2.05) is 35.7 Å². The summed E-state index contributed by atoms with van der Waals surface area (Å²) in [6, 6.07) is 11.1. The van der Waals surface area contributed by atoms with Crippen LogP contribution in [0.4, 0.5) is 10.1 Å². The number of anilines is 1. The van der Waals surface area contributed by atoms with E-state index in [9.17, 15) is 4.79 Å². The maximum Gasteiger partial charge on any atom is 0.264 e. The number of benzene rings is 1. The Kier molecular flexibility index (Phi) is 3.53. The number of nitrogens with two attached hydrogens (primary N) is 1. The number of carbonyl (C=O) groups is 1. The number of likely N-dealkylation sites (tertiary alicyclic amines) is 1. The van der Waals surface area contributed by atoms with Crippen LogP contribution in [0.25, 0.3) is 0 Å². The highest BCUT2D eigenvalue weighted by molar-refractivity contribution is 7.12. The molecule has 1 saturated heterocycles. The minimum Gasteiger partial charge on any atom is -0.383 e. The molecule has 0 unspecified atom stereocenters. The highest BCUT2D eigenvalue weighted by atomic mass is 32.1. The number of nitrogens with one attached hydrogen (secondary N) is 1. The number of hydrogen-bond acceptors (Lipinski definition) is 5. The van der Waals surface area contributed by atoms with Gasteiger partial charge in [0.25, 0.3) is 5.91 Å². The fourth-order valence-corrected chi connectivity index (χ4v) is 3.95. The van der Waals surface area contributed by atoms with Gasteiger partial charge < -0.3 is 16.0 Å². The minimum absolute atomic E-state index is 0.00266. The Bertz CT molecular complexity index is 807. The second-order valence-corrected chi connectivity index (χ2v) is 6.99. The van der Waals surface area contributed by atoms with Crippen LogP contribution in [0.5, 0.6) is 0 Å². The van der Waals surface area contributed by atoms with E-state index in [1.54, 1.807) is 11.0 Å². The molecule has 0 bridgehead atoms. The monoisotopic (exact) mass is 344 g/mol. The van der Waals surface area contributed by atoms with E-state index >= 15 is 4.39 Å². The van der Waals surface area contributed by atoms with Crippen molar-refractivity contribution in [3.05, 3.63) is 52.2 Å². The Balaban J connectivity index is 1.58. The summed E-state index contributed by atoms with van der Waals surface area (Å²) in [5.74, 6) is 0.209. The maximum atomic E-state index is 15.0.